The molecule has 4 fully saturated rings. The Labute approximate surface area is 214 Å². The Morgan fingerprint density at radius 2 is 1.60 bits per heavy atom. The van der Waals surface area contributed by atoms with Crippen molar-refractivity contribution in [1.82, 2.24) is 0 Å². The molecule has 0 radical (unpaired) electrons. The largest absolute Gasteiger partial charge is 0.462 e. The predicted molar refractivity (Wildman–Crippen MR) is 142 cm³/mol. The highest BCUT2D eigenvalue weighted by Gasteiger charge is 2.70. The standard InChI is InChI=1S/C32H52O3/c1-19(2)21-10-13-25-30(21,7)16-17-31(8)22-11-12-24-28(4,5)27(35-20(3)33)14-15-29(24,6)23(22)18-26(34)32(25,31)9/h18-19,21-22,24-27,34H,10-17H2,1-9H3/t21-,22+,24+,25-,26-,27+,29-,30-,31-,32-/m1/s1. The summed E-state index contributed by atoms with van der Waals surface area (Å²) in [5.41, 5.74) is 1.99. The van der Waals surface area contributed by atoms with Crippen molar-refractivity contribution in [2.24, 2.45) is 56.7 Å². The number of rotatable bonds is 2. The van der Waals surface area contributed by atoms with Crippen LogP contribution in [0, 0.1) is 56.7 Å². The van der Waals surface area contributed by atoms with Crippen molar-refractivity contribution in [1.29, 1.82) is 0 Å². The van der Waals surface area contributed by atoms with Crippen molar-refractivity contribution >= 4 is 5.97 Å². The second-order valence-corrected chi connectivity index (χ2v) is 15.3. The molecule has 1 N–H and O–H groups in total. The molecule has 5 rings (SSSR count). The lowest BCUT2D eigenvalue weighted by Gasteiger charge is -2.70. The number of ether oxygens (including phenoxy) is 1. The highest BCUT2D eigenvalue weighted by Crippen LogP contribution is 2.76. The summed E-state index contributed by atoms with van der Waals surface area (Å²) in [6.07, 6.45) is 11.5. The SMILES string of the molecule is CC(=O)O[C@H]1CC[C@]2(C)C3=C[C@@H](O)[C@@]4(C)[C@@H]5CC[C@H](C(C)C)[C@@]5(C)CC[C@]4(C)[C@H]3CC[C@H]2C1(C)C. The zero-order valence-electron chi connectivity index (χ0n) is 24.0. The quantitative estimate of drug-likeness (QED) is 0.325. The van der Waals surface area contributed by atoms with E-state index in [0.717, 1.165) is 18.8 Å². The summed E-state index contributed by atoms with van der Waals surface area (Å²) in [6.45, 7) is 21.1. The van der Waals surface area contributed by atoms with Crippen LogP contribution in [0.4, 0.5) is 0 Å². The maximum Gasteiger partial charge on any atom is 0.302 e. The Kier molecular flexibility index (Phi) is 5.78. The number of allylic oxidation sites excluding steroid dienone is 1. The fourth-order valence-electron chi connectivity index (χ4n) is 11.7. The summed E-state index contributed by atoms with van der Waals surface area (Å²) in [7, 11) is 0. The Morgan fingerprint density at radius 1 is 0.943 bits per heavy atom. The number of carbonyl (C=O) groups is 1. The van der Waals surface area contributed by atoms with Crippen molar-refractivity contribution < 1.29 is 14.6 Å². The van der Waals surface area contributed by atoms with Crippen LogP contribution in [-0.4, -0.2) is 23.3 Å². The first-order valence-corrected chi connectivity index (χ1v) is 14.7. The maximum atomic E-state index is 12.1. The molecule has 0 aliphatic heterocycles. The minimum atomic E-state index is -0.376. The number of fused-ring (bicyclic) bond motifs is 7. The van der Waals surface area contributed by atoms with Gasteiger partial charge >= 0.3 is 5.97 Å². The highest BCUT2D eigenvalue weighted by molar-refractivity contribution is 5.66. The van der Waals surface area contributed by atoms with Crippen LogP contribution in [0.1, 0.15) is 114 Å². The van der Waals surface area contributed by atoms with Crippen LogP contribution in [0.5, 0.6) is 0 Å². The summed E-state index contributed by atoms with van der Waals surface area (Å²) in [4.78, 5) is 11.9. The van der Waals surface area contributed by atoms with Gasteiger partial charge in [-0.05, 0) is 97.2 Å². The number of esters is 1. The van der Waals surface area contributed by atoms with E-state index in [1.807, 2.05) is 0 Å². The first-order chi connectivity index (χ1) is 16.1. The average Bonchev–Trinajstić information content (AvgIpc) is 3.11. The summed E-state index contributed by atoms with van der Waals surface area (Å²) in [6, 6.07) is 0. The molecule has 5 aliphatic carbocycles. The van der Waals surface area contributed by atoms with E-state index in [9.17, 15) is 9.90 Å². The second-order valence-electron chi connectivity index (χ2n) is 15.3. The minimum Gasteiger partial charge on any atom is -0.462 e. The molecule has 0 spiro atoms. The van der Waals surface area contributed by atoms with Crippen molar-refractivity contribution in [2.45, 2.75) is 126 Å². The van der Waals surface area contributed by atoms with E-state index in [-0.39, 0.29) is 39.8 Å². The number of hydrogen-bond acceptors (Lipinski definition) is 3. The number of hydrogen-bond donors (Lipinski definition) is 1. The van der Waals surface area contributed by atoms with E-state index >= 15 is 0 Å². The van der Waals surface area contributed by atoms with E-state index in [1.165, 1.54) is 38.5 Å². The van der Waals surface area contributed by atoms with Gasteiger partial charge in [0.15, 0.2) is 0 Å². The van der Waals surface area contributed by atoms with Gasteiger partial charge in [0.05, 0.1) is 6.10 Å². The van der Waals surface area contributed by atoms with Gasteiger partial charge in [-0.25, -0.2) is 0 Å². The van der Waals surface area contributed by atoms with Gasteiger partial charge in [0.2, 0.25) is 0 Å². The third-order valence-electron chi connectivity index (χ3n) is 13.6. The van der Waals surface area contributed by atoms with Crippen LogP contribution < -0.4 is 0 Å². The normalized spacial score (nSPS) is 52.6. The molecule has 0 aromatic heterocycles. The number of aliphatic hydroxyl groups is 1. The summed E-state index contributed by atoms with van der Waals surface area (Å²) in [5, 5.41) is 12.1. The second kappa shape index (κ2) is 7.84. The smallest absolute Gasteiger partial charge is 0.302 e. The van der Waals surface area contributed by atoms with E-state index in [0.29, 0.717) is 29.1 Å². The van der Waals surface area contributed by atoms with Crippen LogP contribution in [0.25, 0.3) is 0 Å². The lowest BCUT2D eigenvalue weighted by molar-refractivity contribution is -0.202. The molecule has 5 aliphatic rings. The van der Waals surface area contributed by atoms with E-state index in [2.05, 4.69) is 61.5 Å². The van der Waals surface area contributed by atoms with Crippen LogP contribution >= 0.6 is 0 Å². The summed E-state index contributed by atoms with van der Waals surface area (Å²) in [5.74, 6) is 2.96. The molecular weight excluding hydrogens is 432 g/mol. The van der Waals surface area contributed by atoms with Gasteiger partial charge in [-0.2, -0.15) is 0 Å². The topological polar surface area (TPSA) is 46.5 Å². The molecule has 35 heavy (non-hydrogen) atoms. The Bertz CT molecular complexity index is 918. The van der Waals surface area contributed by atoms with Gasteiger partial charge in [-0.15, -0.1) is 0 Å². The van der Waals surface area contributed by atoms with Crippen molar-refractivity contribution in [2.75, 3.05) is 0 Å². The molecule has 0 unspecified atom stereocenters. The Hall–Kier alpha value is -0.830. The molecule has 3 heteroatoms. The molecule has 0 aromatic rings. The van der Waals surface area contributed by atoms with Crippen molar-refractivity contribution in [3.8, 4) is 0 Å². The van der Waals surface area contributed by atoms with Crippen molar-refractivity contribution in [3.63, 3.8) is 0 Å². The molecule has 198 valence electrons. The van der Waals surface area contributed by atoms with Gasteiger partial charge < -0.3 is 9.84 Å². The number of carbonyl (C=O) groups excluding carboxylic acids is 1. The first kappa shape index (κ1) is 25.8. The predicted octanol–water partition coefficient (Wildman–Crippen LogP) is 7.57. The van der Waals surface area contributed by atoms with Crippen LogP contribution in [-0.2, 0) is 9.53 Å². The van der Waals surface area contributed by atoms with Gasteiger partial charge in [-0.1, -0.05) is 67.0 Å². The van der Waals surface area contributed by atoms with Gasteiger partial charge in [0.1, 0.15) is 6.10 Å². The minimum absolute atomic E-state index is 0.00793. The molecular formula is C32H52O3. The Balaban J connectivity index is 1.55. The van der Waals surface area contributed by atoms with Crippen molar-refractivity contribution in [3.05, 3.63) is 11.6 Å². The van der Waals surface area contributed by atoms with Gasteiger partial charge in [-0.3, -0.25) is 4.79 Å². The fraction of sp³-hybridized carbons (Fsp3) is 0.906. The lowest BCUT2D eigenvalue weighted by atomic mass is 9.35. The molecule has 3 nitrogen and oxygen atoms in total. The maximum absolute atomic E-state index is 12.1. The van der Waals surface area contributed by atoms with E-state index in [1.54, 1.807) is 12.5 Å². The fourth-order valence-corrected chi connectivity index (χ4v) is 11.7. The Morgan fingerprint density at radius 3 is 2.23 bits per heavy atom. The molecule has 0 amide bonds. The van der Waals surface area contributed by atoms with Crippen LogP contribution in [0.15, 0.2) is 11.6 Å². The van der Waals surface area contributed by atoms with E-state index < -0.39 is 0 Å². The molecule has 10 atom stereocenters. The average molecular weight is 485 g/mol. The molecule has 0 saturated heterocycles. The first-order valence-electron chi connectivity index (χ1n) is 14.7. The van der Waals surface area contributed by atoms with Gasteiger partial charge in [0.25, 0.3) is 0 Å². The van der Waals surface area contributed by atoms with Crippen LogP contribution in [0.2, 0.25) is 0 Å². The number of aliphatic hydroxyl groups excluding tert-OH is 1. The van der Waals surface area contributed by atoms with E-state index in [4.69, 9.17) is 4.74 Å². The van der Waals surface area contributed by atoms with Crippen LogP contribution in [0.3, 0.4) is 0 Å². The highest BCUT2D eigenvalue weighted by atomic mass is 16.5. The third kappa shape index (κ3) is 3.15. The molecule has 0 bridgehead atoms. The summed E-state index contributed by atoms with van der Waals surface area (Å²) < 4.78 is 5.86. The lowest BCUT2D eigenvalue weighted by Crippen LogP contribution is -2.66. The third-order valence-corrected chi connectivity index (χ3v) is 13.6. The zero-order chi connectivity index (χ0) is 25.8. The molecule has 4 saturated carbocycles. The monoisotopic (exact) mass is 484 g/mol. The molecule has 0 aromatic carbocycles. The zero-order valence-corrected chi connectivity index (χ0v) is 24.0. The summed E-state index contributed by atoms with van der Waals surface area (Å²) >= 11 is 0. The molecule has 0 heterocycles. The van der Waals surface area contributed by atoms with Gasteiger partial charge in [0, 0.05) is 17.8 Å².